The van der Waals surface area contributed by atoms with Gasteiger partial charge in [-0.2, -0.15) is 0 Å². The monoisotopic (exact) mass is 340 g/mol. The fourth-order valence-electron chi connectivity index (χ4n) is 2.41. The maximum Gasteiger partial charge on any atom is 0.278 e. The van der Waals surface area contributed by atoms with Crippen molar-refractivity contribution >= 4 is 23.0 Å². The van der Waals surface area contributed by atoms with Gasteiger partial charge in [-0.3, -0.25) is 14.2 Å². The maximum absolute atomic E-state index is 12.5. The van der Waals surface area contributed by atoms with Crippen molar-refractivity contribution in [2.24, 2.45) is 12.0 Å². The molecule has 0 aliphatic heterocycles. The van der Waals surface area contributed by atoms with Crippen LogP contribution in [0.4, 0.5) is 11.5 Å². The lowest BCUT2D eigenvalue weighted by molar-refractivity contribution is 0.307. The van der Waals surface area contributed by atoms with Crippen molar-refractivity contribution in [2.45, 2.75) is 6.92 Å². The first-order valence-electron chi connectivity index (χ1n) is 7.88. The van der Waals surface area contributed by atoms with Crippen molar-refractivity contribution in [1.82, 2.24) is 14.0 Å². The molecule has 0 saturated heterocycles. The lowest BCUT2D eigenvalue weighted by Gasteiger charge is -2.11. The Morgan fingerprint density at radius 1 is 1.28 bits per heavy atom. The van der Waals surface area contributed by atoms with E-state index in [9.17, 15) is 4.79 Å². The smallest absolute Gasteiger partial charge is 0.278 e. The zero-order chi connectivity index (χ0) is 17.8. The highest BCUT2D eigenvalue weighted by Gasteiger charge is 2.13. The second-order valence-corrected chi connectivity index (χ2v) is 5.55. The average molecular weight is 340 g/mol. The van der Waals surface area contributed by atoms with Gasteiger partial charge in [0.05, 0.1) is 13.2 Å². The molecule has 0 spiro atoms. The number of aliphatic hydroxyl groups excluding tert-OH is 1. The number of para-hydroxylation sites is 1. The highest BCUT2D eigenvalue weighted by Crippen LogP contribution is 2.13. The van der Waals surface area contributed by atoms with Gasteiger partial charge in [-0.1, -0.05) is 18.2 Å². The number of guanidine groups is 1. The zero-order valence-electron chi connectivity index (χ0n) is 14.1. The van der Waals surface area contributed by atoms with Crippen LogP contribution in [0.15, 0.2) is 52.6 Å². The molecule has 0 atom stereocenters. The Labute approximate surface area is 144 Å². The highest BCUT2D eigenvalue weighted by molar-refractivity contribution is 6.04. The molecule has 2 aromatic heterocycles. The second-order valence-electron chi connectivity index (χ2n) is 5.55. The molecule has 8 nitrogen and oxygen atoms in total. The molecule has 0 radical (unpaired) electrons. The third kappa shape index (κ3) is 3.53. The molecule has 0 fully saturated rings. The molecule has 130 valence electrons. The van der Waals surface area contributed by atoms with Gasteiger partial charge in [0.15, 0.2) is 11.3 Å². The Bertz CT molecular complexity index is 958. The Morgan fingerprint density at radius 3 is 2.76 bits per heavy atom. The van der Waals surface area contributed by atoms with Crippen LogP contribution in [0.1, 0.15) is 5.69 Å². The van der Waals surface area contributed by atoms with Gasteiger partial charge in [0, 0.05) is 24.6 Å². The molecule has 3 rings (SSSR count). The summed E-state index contributed by atoms with van der Waals surface area (Å²) >= 11 is 0. The summed E-state index contributed by atoms with van der Waals surface area (Å²) in [5, 5.41) is 15.2. The van der Waals surface area contributed by atoms with Crippen molar-refractivity contribution < 1.29 is 5.11 Å². The van der Waals surface area contributed by atoms with Crippen molar-refractivity contribution in [3.8, 4) is 0 Å². The van der Waals surface area contributed by atoms with Gasteiger partial charge in [-0.05, 0) is 19.1 Å². The van der Waals surface area contributed by atoms with Crippen LogP contribution in [0.2, 0.25) is 0 Å². The molecule has 0 unspecified atom stereocenters. The van der Waals surface area contributed by atoms with E-state index in [4.69, 9.17) is 5.11 Å². The van der Waals surface area contributed by atoms with E-state index in [2.05, 4.69) is 20.6 Å². The number of aliphatic hydroxyl groups is 1. The average Bonchev–Trinajstić information content (AvgIpc) is 3.01. The number of hydrogen-bond acceptors (Lipinski definition) is 4. The lowest BCUT2D eigenvalue weighted by Crippen LogP contribution is -2.26. The fraction of sp³-hybridized carbons (Fsp3) is 0.235. The minimum atomic E-state index is -0.152. The largest absolute Gasteiger partial charge is 0.394 e. The number of aromatic nitrogens is 3. The summed E-state index contributed by atoms with van der Waals surface area (Å²) in [5.74, 6) is 0.809. The summed E-state index contributed by atoms with van der Waals surface area (Å²) in [4.78, 5) is 21.1. The summed E-state index contributed by atoms with van der Waals surface area (Å²) in [6.45, 7) is 2.01. The van der Waals surface area contributed by atoms with Gasteiger partial charge in [0.1, 0.15) is 6.33 Å². The van der Waals surface area contributed by atoms with Crippen LogP contribution < -0.4 is 16.2 Å². The number of benzene rings is 1. The summed E-state index contributed by atoms with van der Waals surface area (Å²) < 4.78 is 3.25. The summed E-state index contributed by atoms with van der Waals surface area (Å²) in [7, 11) is 1.72. The van der Waals surface area contributed by atoms with Crippen molar-refractivity contribution in [2.75, 3.05) is 23.8 Å². The van der Waals surface area contributed by atoms with Crippen molar-refractivity contribution in [1.29, 1.82) is 0 Å². The van der Waals surface area contributed by atoms with Crippen LogP contribution in [0.25, 0.3) is 5.52 Å². The minimum Gasteiger partial charge on any atom is -0.394 e. The fourth-order valence-corrected chi connectivity index (χ4v) is 2.41. The van der Waals surface area contributed by atoms with Gasteiger partial charge in [-0.25, -0.2) is 4.98 Å². The number of rotatable bonds is 4. The van der Waals surface area contributed by atoms with E-state index in [1.165, 1.54) is 0 Å². The first-order valence-corrected chi connectivity index (χ1v) is 7.88. The van der Waals surface area contributed by atoms with Gasteiger partial charge in [0.25, 0.3) is 5.56 Å². The third-order valence-corrected chi connectivity index (χ3v) is 3.80. The van der Waals surface area contributed by atoms with E-state index in [1.54, 1.807) is 22.3 Å². The summed E-state index contributed by atoms with van der Waals surface area (Å²) in [6.07, 6.45) is 3.42. The second kappa shape index (κ2) is 7.18. The molecule has 3 aromatic rings. The molecule has 3 N–H and O–H groups in total. The number of anilines is 2. The number of nitrogens with one attached hydrogen (secondary N) is 2. The standard InChI is InChI=1S/C17H20N6O2/c1-12-10-23-11-19-15(14(23)16(25)22(12)2)21-17(18-8-9-24)20-13-6-4-3-5-7-13/h3-7,10-11,24H,8-9H2,1-2H3,(H2,18,20,21). The van der Waals surface area contributed by atoms with Gasteiger partial charge in [-0.15, -0.1) is 0 Å². The SMILES string of the molecule is Cc1cn2cnc(NC(=NCCO)Nc3ccccc3)c2c(=O)n1C. The van der Waals surface area contributed by atoms with Crippen LogP contribution >= 0.6 is 0 Å². The Morgan fingerprint density at radius 2 is 2.04 bits per heavy atom. The van der Waals surface area contributed by atoms with Crippen LogP contribution in [0.3, 0.4) is 0 Å². The predicted octanol–water partition coefficient (Wildman–Crippen LogP) is 1.21. The molecule has 2 heterocycles. The molecule has 0 bridgehead atoms. The summed E-state index contributed by atoms with van der Waals surface area (Å²) in [5.41, 5.74) is 1.94. The molecular formula is C17H20N6O2. The van der Waals surface area contributed by atoms with Crippen molar-refractivity contribution in [3.05, 3.63) is 58.9 Å². The first-order chi connectivity index (χ1) is 12.1. The molecule has 0 aliphatic carbocycles. The van der Waals surface area contributed by atoms with E-state index in [0.29, 0.717) is 17.3 Å². The lowest BCUT2D eigenvalue weighted by atomic mass is 10.3. The molecular weight excluding hydrogens is 320 g/mol. The third-order valence-electron chi connectivity index (χ3n) is 3.80. The van der Waals surface area contributed by atoms with Crippen LogP contribution in [-0.4, -0.2) is 38.2 Å². The number of fused-ring (bicyclic) bond motifs is 1. The minimum absolute atomic E-state index is 0.0768. The molecule has 0 amide bonds. The van der Waals surface area contributed by atoms with Crippen LogP contribution in [-0.2, 0) is 7.05 Å². The number of hydrogen-bond donors (Lipinski definition) is 3. The molecule has 25 heavy (non-hydrogen) atoms. The topological polar surface area (TPSA) is 96.0 Å². The Balaban J connectivity index is 1.96. The van der Waals surface area contributed by atoms with E-state index in [-0.39, 0.29) is 18.7 Å². The molecule has 0 aliphatic rings. The van der Waals surface area contributed by atoms with Crippen LogP contribution in [0.5, 0.6) is 0 Å². The zero-order valence-corrected chi connectivity index (χ0v) is 14.1. The molecule has 8 heteroatoms. The van der Waals surface area contributed by atoms with Gasteiger partial charge in [0.2, 0.25) is 5.96 Å². The van der Waals surface area contributed by atoms with Crippen molar-refractivity contribution in [3.63, 3.8) is 0 Å². The molecule has 0 saturated carbocycles. The Kier molecular flexibility index (Phi) is 4.80. The van der Waals surface area contributed by atoms with Gasteiger partial charge < -0.3 is 20.3 Å². The number of nitrogens with zero attached hydrogens (tertiary/aromatic N) is 4. The van der Waals surface area contributed by atoms with E-state index >= 15 is 0 Å². The quantitative estimate of drug-likeness (QED) is 0.490. The van der Waals surface area contributed by atoms with E-state index < -0.39 is 0 Å². The number of aryl methyl sites for hydroxylation is 1. The first kappa shape index (κ1) is 16.7. The van der Waals surface area contributed by atoms with Crippen LogP contribution in [0, 0.1) is 6.92 Å². The Hall–Kier alpha value is -3.13. The van der Waals surface area contributed by atoms with E-state index in [0.717, 1.165) is 11.4 Å². The predicted molar refractivity (Wildman–Crippen MR) is 98.2 cm³/mol. The summed E-state index contributed by atoms with van der Waals surface area (Å²) in [6, 6.07) is 9.50. The van der Waals surface area contributed by atoms with Gasteiger partial charge >= 0.3 is 0 Å². The number of imidazole rings is 1. The normalized spacial score (nSPS) is 11.7. The number of aliphatic imine (C=N–C) groups is 1. The molecule has 1 aromatic carbocycles. The highest BCUT2D eigenvalue weighted by atomic mass is 16.3. The van der Waals surface area contributed by atoms with E-state index in [1.807, 2.05) is 43.5 Å². The maximum atomic E-state index is 12.5.